The summed E-state index contributed by atoms with van der Waals surface area (Å²) < 4.78 is 0. The Morgan fingerprint density at radius 1 is 1.00 bits per heavy atom. The molecule has 0 radical (unpaired) electrons. The second-order valence-electron chi connectivity index (χ2n) is 7.76. The molecule has 1 amide bonds. The molecule has 0 bridgehead atoms. The van der Waals surface area contributed by atoms with Crippen LogP contribution in [0.3, 0.4) is 0 Å². The molecule has 1 aliphatic rings. The highest BCUT2D eigenvalue weighted by molar-refractivity contribution is 5.91. The lowest BCUT2D eigenvalue weighted by molar-refractivity contribution is -0.115. The summed E-state index contributed by atoms with van der Waals surface area (Å²) in [6.07, 6.45) is 5.89. The average molecular weight is 382 g/mol. The van der Waals surface area contributed by atoms with Crippen molar-refractivity contribution in [1.29, 1.82) is 0 Å². The van der Waals surface area contributed by atoms with Crippen LogP contribution in [0, 0.1) is 0 Å². The highest BCUT2D eigenvalue weighted by Crippen LogP contribution is 2.47. The lowest BCUT2D eigenvalue weighted by atomic mass is 9.70. The Morgan fingerprint density at radius 2 is 1.86 bits per heavy atom. The van der Waals surface area contributed by atoms with Crippen LogP contribution in [0.25, 0.3) is 10.8 Å². The van der Waals surface area contributed by atoms with Crippen molar-refractivity contribution in [2.45, 2.75) is 31.1 Å². The molecule has 0 aliphatic heterocycles. The van der Waals surface area contributed by atoms with Crippen LogP contribution in [0.4, 0.5) is 5.82 Å². The van der Waals surface area contributed by atoms with Gasteiger partial charge < -0.3 is 5.32 Å². The minimum absolute atomic E-state index is 0.0733. The Morgan fingerprint density at radius 3 is 2.69 bits per heavy atom. The van der Waals surface area contributed by atoms with Gasteiger partial charge in [0.1, 0.15) is 5.82 Å². The summed E-state index contributed by atoms with van der Waals surface area (Å²) in [6.45, 7) is 0. The van der Waals surface area contributed by atoms with Gasteiger partial charge in [-0.25, -0.2) is 0 Å². The highest BCUT2D eigenvalue weighted by Gasteiger charge is 2.33. The Balaban J connectivity index is 1.19. The number of aromatic amines is 1. The summed E-state index contributed by atoms with van der Waals surface area (Å²) >= 11 is 0. The first-order valence-corrected chi connectivity index (χ1v) is 9.97. The summed E-state index contributed by atoms with van der Waals surface area (Å²) in [5.74, 6) is 1.59. The monoisotopic (exact) mass is 382 g/mol. The third kappa shape index (κ3) is 3.76. The number of hydrogen-bond donors (Lipinski definition) is 2. The first-order valence-electron chi connectivity index (χ1n) is 9.97. The average Bonchev–Trinajstić information content (AvgIpc) is 3.15. The molecule has 1 aliphatic carbocycles. The number of aromatic nitrogens is 3. The van der Waals surface area contributed by atoms with Crippen molar-refractivity contribution in [1.82, 2.24) is 15.2 Å². The second kappa shape index (κ2) is 7.51. The van der Waals surface area contributed by atoms with E-state index in [0.29, 0.717) is 24.1 Å². The van der Waals surface area contributed by atoms with E-state index in [-0.39, 0.29) is 5.91 Å². The van der Waals surface area contributed by atoms with Crippen LogP contribution < -0.4 is 5.32 Å². The van der Waals surface area contributed by atoms with Crippen molar-refractivity contribution >= 4 is 22.5 Å². The molecule has 2 aromatic carbocycles. The molecule has 2 N–H and O–H groups in total. The fourth-order valence-electron chi connectivity index (χ4n) is 4.09. The van der Waals surface area contributed by atoms with Gasteiger partial charge in [-0.3, -0.25) is 14.9 Å². The SMILES string of the molecule is O=C(Cc1cccnc1)Nc1cc([C@H]2C[C@@H](c3ccc4ccccc4c3)C2)n[nH]1. The van der Waals surface area contributed by atoms with E-state index < -0.39 is 0 Å². The first kappa shape index (κ1) is 17.6. The molecule has 0 saturated heterocycles. The maximum absolute atomic E-state index is 12.2. The van der Waals surface area contributed by atoms with E-state index in [9.17, 15) is 4.79 Å². The van der Waals surface area contributed by atoms with Crippen LogP contribution in [0.15, 0.2) is 73.1 Å². The number of nitrogens with one attached hydrogen (secondary N) is 2. The van der Waals surface area contributed by atoms with Gasteiger partial charge in [-0.05, 0) is 46.7 Å². The van der Waals surface area contributed by atoms with E-state index >= 15 is 0 Å². The van der Waals surface area contributed by atoms with Crippen molar-refractivity contribution in [2.24, 2.45) is 0 Å². The van der Waals surface area contributed by atoms with Gasteiger partial charge in [0.05, 0.1) is 12.1 Å². The van der Waals surface area contributed by atoms with E-state index in [1.54, 1.807) is 12.4 Å². The van der Waals surface area contributed by atoms with Crippen LogP contribution in [0.5, 0.6) is 0 Å². The molecule has 5 rings (SSSR count). The van der Waals surface area contributed by atoms with E-state index in [4.69, 9.17) is 0 Å². The zero-order valence-electron chi connectivity index (χ0n) is 16.0. The number of anilines is 1. The predicted octanol–water partition coefficient (Wildman–Crippen LogP) is 4.80. The number of carbonyl (C=O) groups is 1. The predicted molar refractivity (Wildman–Crippen MR) is 114 cm³/mol. The van der Waals surface area contributed by atoms with Crippen molar-refractivity contribution in [3.63, 3.8) is 0 Å². The van der Waals surface area contributed by atoms with Crippen LogP contribution >= 0.6 is 0 Å². The van der Waals surface area contributed by atoms with Crippen molar-refractivity contribution in [3.05, 3.63) is 89.9 Å². The van der Waals surface area contributed by atoms with Gasteiger partial charge in [0.25, 0.3) is 0 Å². The summed E-state index contributed by atoms with van der Waals surface area (Å²) in [6, 6.07) is 20.9. The van der Waals surface area contributed by atoms with Gasteiger partial charge in [0, 0.05) is 24.4 Å². The molecule has 1 saturated carbocycles. The molecule has 5 nitrogen and oxygen atoms in total. The molecule has 0 spiro atoms. The molecular formula is C24H22N4O. The lowest BCUT2D eigenvalue weighted by Crippen LogP contribution is -2.20. The molecule has 2 heterocycles. The minimum Gasteiger partial charge on any atom is -0.311 e. The largest absolute Gasteiger partial charge is 0.311 e. The first-order chi connectivity index (χ1) is 14.2. The maximum atomic E-state index is 12.2. The summed E-state index contributed by atoms with van der Waals surface area (Å²) in [7, 11) is 0. The molecule has 29 heavy (non-hydrogen) atoms. The van der Waals surface area contributed by atoms with Crippen LogP contribution in [0.2, 0.25) is 0 Å². The van der Waals surface area contributed by atoms with Gasteiger partial charge in [-0.1, -0.05) is 48.5 Å². The molecular weight excluding hydrogens is 360 g/mol. The number of carbonyl (C=O) groups excluding carboxylic acids is 1. The Bertz CT molecular complexity index is 1150. The van der Waals surface area contributed by atoms with Crippen molar-refractivity contribution in [3.8, 4) is 0 Å². The van der Waals surface area contributed by atoms with E-state index in [1.807, 2.05) is 18.2 Å². The second-order valence-corrected chi connectivity index (χ2v) is 7.76. The third-order valence-corrected chi connectivity index (χ3v) is 5.76. The number of benzene rings is 2. The molecule has 144 valence electrons. The molecule has 5 heteroatoms. The number of hydrogen-bond acceptors (Lipinski definition) is 3. The number of H-pyrrole nitrogens is 1. The van der Waals surface area contributed by atoms with Gasteiger partial charge in [0.15, 0.2) is 0 Å². The number of rotatable bonds is 5. The van der Waals surface area contributed by atoms with E-state index in [0.717, 1.165) is 24.1 Å². The quantitative estimate of drug-likeness (QED) is 0.521. The molecule has 4 aromatic rings. The minimum atomic E-state index is -0.0733. The Hall–Kier alpha value is -3.47. The fourth-order valence-corrected chi connectivity index (χ4v) is 4.09. The summed E-state index contributed by atoms with van der Waals surface area (Å²) in [5.41, 5.74) is 3.32. The topological polar surface area (TPSA) is 70.7 Å². The van der Waals surface area contributed by atoms with Crippen LogP contribution in [0.1, 0.15) is 41.5 Å². The Labute approximate surface area is 169 Å². The van der Waals surface area contributed by atoms with E-state index in [1.165, 1.54) is 16.3 Å². The normalized spacial score (nSPS) is 18.3. The van der Waals surface area contributed by atoms with Crippen molar-refractivity contribution < 1.29 is 4.79 Å². The van der Waals surface area contributed by atoms with Crippen LogP contribution in [-0.2, 0) is 11.2 Å². The lowest BCUT2D eigenvalue weighted by Gasteiger charge is -2.34. The molecule has 1 fully saturated rings. The van der Waals surface area contributed by atoms with E-state index in [2.05, 4.69) is 63.0 Å². The van der Waals surface area contributed by atoms with Gasteiger partial charge >= 0.3 is 0 Å². The van der Waals surface area contributed by atoms with Crippen molar-refractivity contribution in [2.75, 3.05) is 5.32 Å². The zero-order valence-corrected chi connectivity index (χ0v) is 16.0. The molecule has 0 unspecified atom stereocenters. The summed E-state index contributed by atoms with van der Waals surface area (Å²) in [4.78, 5) is 16.2. The number of amides is 1. The van der Waals surface area contributed by atoms with Gasteiger partial charge in [0.2, 0.25) is 5.91 Å². The maximum Gasteiger partial charge on any atom is 0.229 e. The fraction of sp³-hybridized carbons (Fsp3) is 0.208. The summed E-state index contributed by atoms with van der Waals surface area (Å²) in [5, 5.41) is 12.9. The van der Waals surface area contributed by atoms with Gasteiger partial charge in [-0.15, -0.1) is 0 Å². The number of nitrogens with zero attached hydrogens (tertiary/aromatic N) is 2. The van der Waals surface area contributed by atoms with Gasteiger partial charge in [-0.2, -0.15) is 5.10 Å². The molecule has 0 atom stereocenters. The smallest absolute Gasteiger partial charge is 0.229 e. The van der Waals surface area contributed by atoms with Crippen LogP contribution in [-0.4, -0.2) is 21.1 Å². The zero-order chi connectivity index (χ0) is 19.6. The third-order valence-electron chi connectivity index (χ3n) is 5.76. The standard InChI is InChI=1S/C24H22N4O/c29-24(10-16-4-3-9-25-15-16)26-23-14-22(27-28-23)21-12-20(13-21)19-8-7-17-5-1-2-6-18(17)11-19/h1-9,11,14-15,20-21H,10,12-13H2,(H2,26,27,28,29)/t20-,21+. The molecule has 2 aromatic heterocycles. The number of pyridine rings is 1. The Kier molecular flexibility index (Phi) is 4.56. The highest BCUT2D eigenvalue weighted by atomic mass is 16.1. The number of fused-ring (bicyclic) bond motifs is 1.